The van der Waals surface area contributed by atoms with Gasteiger partial charge in [0.15, 0.2) is 23.3 Å². The molecule has 2 aliphatic rings. The van der Waals surface area contributed by atoms with Crippen LogP contribution in [0.1, 0.15) is 25.1 Å². The lowest BCUT2D eigenvalue weighted by Gasteiger charge is -2.31. The second-order valence-electron chi connectivity index (χ2n) is 10.4. The van der Waals surface area contributed by atoms with Crippen LogP contribution in [0, 0.1) is 12.3 Å². The second kappa shape index (κ2) is 12.5. The number of aromatic nitrogens is 4. The smallest absolute Gasteiger partial charge is 0.350 e. The number of terminal acetylenes is 1. The summed E-state index contributed by atoms with van der Waals surface area (Å²) < 4.78 is 18.0. The van der Waals surface area contributed by atoms with Crippen molar-refractivity contribution in [3.8, 4) is 12.3 Å². The molecule has 5 rings (SSSR count). The number of fused-ring (bicyclic) bond motifs is 1. The highest BCUT2D eigenvalue weighted by Crippen LogP contribution is 2.39. The number of aliphatic hydroxyl groups is 2. The van der Waals surface area contributed by atoms with Gasteiger partial charge in [0.05, 0.1) is 19.5 Å². The Bertz CT molecular complexity index is 1660. The molecule has 6 N–H and O–H groups in total. The molecule has 3 aromatic rings. The number of nitrogen functional groups attached to an aromatic ring is 1. The molecule has 17 heteroatoms. The monoisotopic (exact) mass is 643 g/mol. The molecule has 16 nitrogen and oxygen atoms in total. The molecule has 2 aliphatic heterocycles. The van der Waals surface area contributed by atoms with Gasteiger partial charge >= 0.3 is 18.0 Å². The van der Waals surface area contributed by atoms with Crippen LogP contribution in [0.2, 0.25) is 5.28 Å². The highest BCUT2D eigenvalue weighted by molar-refractivity contribution is 6.28. The Kier molecular flexibility index (Phi) is 8.83. The van der Waals surface area contributed by atoms with Crippen molar-refractivity contribution in [1.29, 1.82) is 0 Å². The zero-order chi connectivity index (χ0) is 32.5. The Morgan fingerprint density at radius 2 is 2.07 bits per heavy atom. The number of halogens is 1. The van der Waals surface area contributed by atoms with Crippen molar-refractivity contribution in [2.24, 2.45) is 0 Å². The fourth-order valence-electron chi connectivity index (χ4n) is 5.24. The van der Waals surface area contributed by atoms with Crippen molar-refractivity contribution in [2.75, 3.05) is 36.9 Å². The number of ether oxygens (including phenoxy) is 3. The number of hydrogen-bond acceptors (Lipinski definition) is 12. The number of carboxylic acid groups (broad SMARTS) is 1. The Balaban J connectivity index is 1.42. The molecule has 1 unspecified atom stereocenters. The first-order valence-corrected chi connectivity index (χ1v) is 14.2. The fraction of sp³-hybridized carbons (Fsp3) is 0.429. The fourth-order valence-corrected chi connectivity index (χ4v) is 5.41. The Morgan fingerprint density at radius 1 is 1.33 bits per heavy atom. The van der Waals surface area contributed by atoms with E-state index in [1.54, 1.807) is 24.3 Å². The van der Waals surface area contributed by atoms with E-state index in [9.17, 15) is 29.7 Å². The first-order chi connectivity index (χ1) is 21.4. The molecular weight excluding hydrogens is 614 g/mol. The largest absolute Gasteiger partial charge is 0.479 e. The van der Waals surface area contributed by atoms with Gasteiger partial charge in [-0.1, -0.05) is 18.1 Å². The second-order valence-corrected chi connectivity index (χ2v) is 10.7. The average molecular weight is 644 g/mol. The molecular formula is C28H30ClN7O9. The zero-order valence-corrected chi connectivity index (χ0v) is 24.7. The highest BCUT2D eigenvalue weighted by Gasteiger charge is 2.58. The quantitative estimate of drug-likeness (QED) is 0.0865. The molecule has 2 amide bonds. The van der Waals surface area contributed by atoms with Gasteiger partial charge in [-0.3, -0.25) is 9.47 Å². The SMILES string of the molecule is C#C[C@@]1(O)[C@@H](COC(Cc2ccc(N3CCCNC3=O)cc2)(C(=O)O)C(=O)OCC)O[C@@H](n2cnc3c(N)nc(Cl)nc32)[C@@H]1O. The van der Waals surface area contributed by atoms with Crippen molar-refractivity contribution >= 4 is 52.2 Å². The van der Waals surface area contributed by atoms with Gasteiger partial charge in [0.1, 0.15) is 17.7 Å². The van der Waals surface area contributed by atoms with E-state index in [1.807, 2.05) is 0 Å². The number of aliphatic carboxylic acids is 1. The Labute approximate surface area is 261 Å². The number of nitrogens with zero attached hydrogens (tertiary/aromatic N) is 5. The number of anilines is 2. The van der Waals surface area contributed by atoms with Gasteiger partial charge in [-0.15, -0.1) is 6.42 Å². The molecule has 4 heterocycles. The first-order valence-electron chi connectivity index (χ1n) is 13.8. The van der Waals surface area contributed by atoms with Gasteiger partial charge in [-0.05, 0) is 42.6 Å². The van der Waals surface area contributed by atoms with E-state index in [2.05, 4.69) is 26.2 Å². The summed E-state index contributed by atoms with van der Waals surface area (Å²) in [6, 6.07) is 6.10. The first kappa shape index (κ1) is 31.9. The summed E-state index contributed by atoms with van der Waals surface area (Å²) in [6.45, 7) is 1.65. The number of carboxylic acids is 1. The maximum absolute atomic E-state index is 13.2. The molecule has 45 heavy (non-hydrogen) atoms. The van der Waals surface area contributed by atoms with E-state index in [0.717, 1.165) is 6.42 Å². The van der Waals surface area contributed by atoms with Crippen LogP contribution >= 0.6 is 11.6 Å². The Hall–Kier alpha value is -4.53. The summed E-state index contributed by atoms with van der Waals surface area (Å²) in [5, 5.41) is 35.3. The van der Waals surface area contributed by atoms with Crippen LogP contribution in [-0.4, -0.2) is 103 Å². The molecule has 5 atom stereocenters. The van der Waals surface area contributed by atoms with Crippen molar-refractivity contribution in [3.63, 3.8) is 0 Å². The summed E-state index contributed by atoms with van der Waals surface area (Å²) in [7, 11) is 0. The number of nitrogens with two attached hydrogens (primary N) is 1. The number of carbonyl (C=O) groups excluding carboxylic acids is 2. The molecule has 2 aromatic heterocycles. The predicted molar refractivity (Wildman–Crippen MR) is 157 cm³/mol. The molecule has 238 valence electrons. The van der Waals surface area contributed by atoms with E-state index >= 15 is 0 Å². The molecule has 0 aliphatic carbocycles. The highest BCUT2D eigenvalue weighted by atomic mass is 35.5. The van der Waals surface area contributed by atoms with Crippen LogP contribution in [0.15, 0.2) is 30.6 Å². The number of imidazole rings is 1. The van der Waals surface area contributed by atoms with E-state index in [4.69, 9.17) is 38.0 Å². The molecule has 0 bridgehead atoms. The summed E-state index contributed by atoms with van der Waals surface area (Å²) in [5.74, 6) is -0.837. The third-order valence-corrected chi connectivity index (χ3v) is 7.82. The van der Waals surface area contributed by atoms with Crippen molar-refractivity contribution in [3.05, 3.63) is 41.4 Å². The van der Waals surface area contributed by atoms with Crippen LogP contribution in [0.3, 0.4) is 0 Å². The molecule has 0 radical (unpaired) electrons. The van der Waals surface area contributed by atoms with Gasteiger partial charge in [-0.2, -0.15) is 9.97 Å². The molecule has 0 saturated carbocycles. The van der Waals surface area contributed by atoms with E-state index < -0.39 is 54.6 Å². The number of urea groups is 1. The minimum atomic E-state index is -2.61. The lowest BCUT2D eigenvalue weighted by molar-refractivity contribution is -0.194. The maximum Gasteiger partial charge on any atom is 0.350 e. The normalized spacial score (nSPS) is 24.6. The summed E-state index contributed by atoms with van der Waals surface area (Å²) >= 11 is 5.95. The van der Waals surface area contributed by atoms with Crippen LogP contribution in [-0.2, 0) is 30.2 Å². The number of rotatable bonds is 10. The zero-order valence-electron chi connectivity index (χ0n) is 23.9. The van der Waals surface area contributed by atoms with Crippen molar-refractivity contribution in [1.82, 2.24) is 24.8 Å². The van der Waals surface area contributed by atoms with Gasteiger partial charge in [0.25, 0.3) is 5.60 Å². The topological polar surface area (TPSA) is 224 Å². The third-order valence-electron chi connectivity index (χ3n) is 7.65. The van der Waals surface area contributed by atoms with Gasteiger partial charge in [-0.25, -0.2) is 19.4 Å². The van der Waals surface area contributed by atoms with Gasteiger partial charge < -0.3 is 40.6 Å². The van der Waals surface area contributed by atoms with Gasteiger partial charge in [0.2, 0.25) is 5.28 Å². The molecule has 2 fully saturated rings. The number of carbonyl (C=O) groups is 3. The van der Waals surface area contributed by atoms with Crippen LogP contribution in [0.4, 0.5) is 16.3 Å². The van der Waals surface area contributed by atoms with Gasteiger partial charge in [0, 0.05) is 25.2 Å². The average Bonchev–Trinajstić information content (AvgIpc) is 3.54. The Morgan fingerprint density at radius 3 is 2.71 bits per heavy atom. The molecule has 2 saturated heterocycles. The number of amides is 2. The van der Waals surface area contributed by atoms with Crippen LogP contribution in [0.5, 0.6) is 0 Å². The number of aliphatic hydroxyl groups excluding tert-OH is 1. The van der Waals surface area contributed by atoms with Crippen LogP contribution in [0.25, 0.3) is 11.2 Å². The summed E-state index contributed by atoms with van der Waals surface area (Å²) in [6.07, 6.45) is 2.33. The standard InChI is InChI=1S/C28H30ClN7O9/c1-3-27(42)17(45-22(19(27)37)36-14-32-18-20(30)33-25(29)34-21(18)36)13-44-28(23(38)39,24(40)43-4-2)12-15-6-8-16(9-7-15)35-11-5-10-31-26(35)41/h1,6-9,14,17,19,22,37,42H,4-5,10-13H2,2H3,(H,31,41)(H,38,39)(H2,30,33,34)/t17-,19+,22-,27-,28?/m1/s1. The van der Waals surface area contributed by atoms with Crippen LogP contribution < -0.4 is 16.0 Å². The predicted octanol–water partition coefficient (Wildman–Crippen LogP) is 0.250. The van der Waals surface area contributed by atoms with Crippen molar-refractivity contribution in [2.45, 2.75) is 49.4 Å². The summed E-state index contributed by atoms with van der Waals surface area (Å²) in [4.78, 5) is 51.7. The number of nitrogens with one attached hydrogen (secondary N) is 1. The minimum Gasteiger partial charge on any atom is -0.479 e. The number of hydrogen-bond donors (Lipinski definition) is 5. The molecule has 1 aromatic carbocycles. The minimum absolute atomic E-state index is 0.0452. The number of benzene rings is 1. The maximum atomic E-state index is 13.2. The molecule has 0 spiro atoms. The van der Waals surface area contributed by atoms with E-state index in [0.29, 0.717) is 24.3 Å². The lowest BCUT2D eigenvalue weighted by Crippen LogP contribution is -2.55. The van der Waals surface area contributed by atoms with E-state index in [1.165, 1.54) is 22.7 Å². The number of esters is 1. The third kappa shape index (κ3) is 5.72. The summed E-state index contributed by atoms with van der Waals surface area (Å²) in [5.41, 5.74) is 1.98. The van der Waals surface area contributed by atoms with E-state index in [-0.39, 0.29) is 34.9 Å². The lowest BCUT2D eigenvalue weighted by atomic mass is 9.91. The van der Waals surface area contributed by atoms with Crippen molar-refractivity contribution < 1.29 is 43.9 Å².